The van der Waals surface area contributed by atoms with E-state index in [1.807, 2.05) is 0 Å². The second-order valence-corrected chi connectivity index (χ2v) is 3.94. The molecule has 0 heterocycles. The smallest absolute Gasteiger partial charge is 0.0119 e. The molecule has 0 saturated carbocycles. The lowest BCUT2D eigenvalue weighted by molar-refractivity contribution is 1.02. The van der Waals surface area contributed by atoms with Crippen molar-refractivity contribution in [2.45, 2.75) is 19.8 Å². The van der Waals surface area contributed by atoms with Gasteiger partial charge in [-0.05, 0) is 41.7 Å². The van der Waals surface area contributed by atoms with Gasteiger partial charge in [0.05, 0.1) is 0 Å². The molecule has 2 aromatic rings. The van der Waals surface area contributed by atoms with Crippen LogP contribution < -0.4 is 0 Å². The monoisotopic (exact) mass is 168 g/mol. The Morgan fingerprint density at radius 3 is 2.77 bits per heavy atom. The Hall–Kier alpha value is -1.30. The van der Waals surface area contributed by atoms with Crippen LogP contribution in [0.5, 0.6) is 0 Å². The molecule has 0 aliphatic heterocycles. The third kappa shape index (κ3) is 0.918. The van der Waals surface area contributed by atoms with Crippen LogP contribution in [0.4, 0.5) is 0 Å². The van der Waals surface area contributed by atoms with Crippen LogP contribution in [0.3, 0.4) is 0 Å². The van der Waals surface area contributed by atoms with E-state index in [4.69, 9.17) is 0 Å². The maximum atomic E-state index is 2.33. The molecule has 0 fully saturated rings. The molecule has 0 N–H and O–H groups in total. The van der Waals surface area contributed by atoms with Gasteiger partial charge in [0.2, 0.25) is 0 Å². The van der Waals surface area contributed by atoms with Crippen LogP contribution >= 0.6 is 0 Å². The molecule has 3 rings (SSSR count). The molecule has 0 amide bonds. The molecule has 0 nitrogen and oxygen atoms in total. The predicted octanol–water partition coefficient (Wildman–Crippen LogP) is 3.25. The summed E-state index contributed by atoms with van der Waals surface area (Å²) in [6.07, 6.45) is 2.47. The summed E-state index contributed by atoms with van der Waals surface area (Å²) in [5.41, 5.74) is 4.47. The van der Waals surface area contributed by atoms with E-state index in [-0.39, 0.29) is 0 Å². The molecule has 0 aromatic heterocycles. The van der Waals surface area contributed by atoms with Crippen LogP contribution in [-0.4, -0.2) is 0 Å². The van der Waals surface area contributed by atoms with Gasteiger partial charge in [0.15, 0.2) is 0 Å². The van der Waals surface area contributed by atoms with Gasteiger partial charge in [0.1, 0.15) is 0 Å². The normalized spacial score (nSPS) is 13.9. The quantitative estimate of drug-likeness (QED) is 0.566. The Bertz CT molecular complexity index is 481. The molecule has 0 radical (unpaired) electrons. The van der Waals surface area contributed by atoms with Crippen LogP contribution in [0.2, 0.25) is 0 Å². The second kappa shape index (κ2) is 2.35. The summed E-state index contributed by atoms with van der Waals surface area (Å²) >= 11 is 0. The lowest BCUT2D eigenvalue weighted by atomic mass is 10.0. The van der Waals surface area contributed by atoms with Crippen LogP contribution in [0, 0.1) is 6.92 Å². The van der Waals surface area contributed by atoms with Gasteiger partial charge < -0.3 is 0 Å². The lowest BCUT2D eigenvalue weighted by Gasteiger charge is -2.02. The van der Waals surface area contributed by atoms with E-state index >= 15 is 0 Å². The highest BCUT2D eigenvalue weighted by Crippen LogP contribution is 2.31. The van der Waals surface area contributed by atoms with Gasteiger partial charge in [-0.1, -0.05) is 35.9 Å². The molecule has 1 aliphatic carbocycles. The zero-order valence-electron chi connectivity index (χ0n) is 7.80. The molecular weight excluding hydrogens is 156 g/mol. The molecule has 2 aromatic carbocycles. The summed E-state index contributed by atoms with van der Waals surface area (Å²) in [6, 6.07) is 11.3. The highest BCUT2D eigenvalue weighted by molar-refractivity contribution is 5.91. The third-order valence-corrected chi connectivity index (χ3v) is 2.95. The zero-order valence-corrected chi connectivity index (χ0v) is 7.80. The van der Waals surface area contributed by atoms with Crippen molar-refractivity contribution < 1.29 is 0 Å². The molecule has 64 valence electrons. The molecule has 0 spiro atoms. The largest absolute Gasteiger partial charge is 0.0614 e. The third-order valence-electron chi connectivity index (χ3n) is 2.95. The molecule has 0 bridgehead atoms. The summed E-state index contributed by atoms with van der Waals surface area (Å²) < 4.78 is 0. The number of rotatable bonds is 0. The fraction of sp³-hybridized carbons (Fsp3) is 0.231. The number of aryl methyl sites for hydroxylation is 3. The van der Waals surface area contributed by atoms with E-state index in [1.54, 1.807) is 5.56 Å². The van der Waals surface area contributed by atoms with Crippen LogP contribution in [0.25, 0.3) is 10.8 Å². The van der Waals surface area contributed by atoms with Crippen molar-refractivity contribution in [3.05, 3.63) is 47.0 Å². The van der Waals surface area contributed by atoms with E-state index in [9.17, 15) is 0 Å². The van der Waals surface area contributed by atoms with Crippen molar-refractivity contribution in [3.8, 4) is 0 Å². The number of hydrogen-bond acceptors (Lipinski definition) is 0. The maximum absolute atomic E-state index is 2.33. The average Bonchev–Trinajstić information content (AvgIpc) is 2.50. The van der Waals surface area contributed by atoms with Crippen molar-refractivity contribution >= 4 is 10.8 Å². The summed E-state index contributed by atoms with van der Waals surface area (Å²) in [5.74, 6) is 0. The fourth-order valence-corrected chi connectivity index (χ4v) is 2.44. The summed E-state index contributed by atoms with van der Waals surface area (Å²) in [6.45, 7) is 2.18. The van der Waals surface area contributed by atoms with Crippen molar-refractivity contribution in [2.75, 3.05) is 0 Å². The molecule has 1 aliphatic rings. The van der Waals surface area contributed by atoms with Gasteiger partial charge in [-0.2, -0.15) is 0 Å². The molecule has 0 saturated heterocycles. The molecular formula is C13H12. The number of benzene rings is 2. The fourth-order valence-electron chi connectivity index (χ4n) is 2.44. The minimum absolute atomic E-state index is 1.23. The first-order valence-corrected chi connectivity index (χ1v) is 4.86. The average molecular weight is 168 g/mol. The summed E-state index contributed by atoms with van der Waals surface area (Å²) in [5, 5.41) is 2.94. The standard InChI is InChI=1S/C13H12/c1-9-7-11-4-2-3-10-5-6-12(8-9)13(10)11/h2-4,7-8H,5-6H2,1H3. The highest BCUT2D eigenvalue weighted by atomic mass is 14.2. The summed E-state index contributed by atoms with van der Waals surface area (Å²) in [7, 11) is 0. The molecule has 13 heavy (non-hydrogen) atoms. The van der Waals surface area contributed by atoms with Gasteiger partial charge in [-0.25, -0.2) is 0 Å². The Labute approximate surface area is 78.2 Å². The van der Waals surface area contributed by atoms with Gasteiger partial charge in [-0.15, -0.1) is 0 Å². The molecule has 0 unspecified atom stereocenters. The maximum Gasteiger partial charge on any atom is -0.0119 e. The van der Waals surface area contributed by atoms with E-state index in [2.05, 4.69) is 37.3 Å². The van der Waals surface area contributed by atoms with E-state index in [0.29, 0.717) is 0 Å². The first-order chi connectivity index (χ1) is 6.34. The Kier molecular flexibility index (Phi) is 1.29. The Morgan fingerprint density at radius 1 is 1.00 bits per heavy atom. The van der Waals surface area contributed by atoms with Crippen LogP contribution in [-0.2, 0) is 12.8 Å². The van der Waals surface area contributed by atoms with Gasteiger partial charge in [0.25, 0.3) is 0 Å². The van der Waals surface area contributed by atoms with Crippen molar-refractivity contribution in [3.63, 3.8) is 0 Å². The summed E-state index contributed by atoms with van der Waals surface area (Å²) in [4.78, 5) is 0. The van der Waals surface area contributed by atoms with Crippen molar-refractivity contribution in [2.24, 2.45) is 0 Å². The van der Waals surface area contributed by atoms with Crippen LogP contribution in [0.15, 0.2) is 30.3 Å². The molecule has 0 heteroatoms. The van der Waals surface area contributed by atoms with Gasteiger partial charge in [0, 0.05) is 0 Å². The zero-order chi connectivity index (χ0) is 8.84. The highest BCUT2D eigenvalue weighted by Gasteiger charge is 2.13. The van der Waals surface area contributed by atoms with E-state index < -0.39 is 0 Å². The number of hydrogen-bond donors (Lipinski definition) is 0. The predicted molar refractivity (Wildman–Crippen MR) is 56.1 cm³/mol. The molecule has 0 atom stereocenters. The first-order valence-electron chi connectivity index (χ1n) is 4.86. The second-order valence-electron chi connectivity index (χ2n) is 3.94. The van der Waals surface area contributed by atoms with Crippen molar-refractivity contribution in [1.29, 1.82) is 0 Å². The van der Waals surface area contributed by atoms with Gasteiger partial charge in [-0.3, -0.25) is 0 Å². The Morgan fingerprint density at radius 2 is 1.85 bits per heavy atom. The minimum atomic E-state index is 1.23. The Balaban J connectivity index is 2.54. The first kappa shape index (κ1) is 7.14. The van der Waals surface area contributed by atoms with E-state index in [0.717, 1.165) is 0 Å². The minimum Gasteiger partial charge on any atom is -0.0614 e. The lowest BCUT2D eigenvalue weighted by Crippen LogP contribution is -1.80. The van der Waals surface area contributed by atoms with E-state index in [1.165, 1.54) is 34.7 Å². The van der Waals surface area contributed by atoms with Gasteiger partial charge >= 0.3 is 0 Å². The SMILES string of the molecule is Cc1cc2c3c(cccc3c1)CC2. The van der Waals surface area contributed by atoms with Crippen LogP contribution in [0.1, 0.15) is 16.7 Å². The van der Waals surface area contributed by atoms with Crippen molar-refractivity contribution in [1.82, 2.24) is 0 Å². The topological polar surface area (TPSA) is 0 Å².